The van der Waals surface area contributed by atoms with Crippen LogP contribution < -0.4 is 4.74 Å². The van der Waals surface area contributed by atoms with E-state index in [0.29, 0.717) is 27.5 Å². The van der Waals surface area contributed by atoms with Crippen molar-refractivity contribution in [2.75, 3.05) is 7.11 Å². The third-order valence-corrected chi connectivity index (χ3v) is 3.63. The number of fused-ring (bicyclic) bond motifs is 1. The van der Waals surface area contributed by atoms with Gasteiger partial charge in [-0.05, 0) is 30.3 Å². The second-order valence-corrected chi connectivity index (χ2v) is 5.40. The Morgan fingerprint density at radius 2 is 1.92 bits per heavy atom. The van der Waals surface area contributed by atoms with Gasteiger partial charge >= 0.3 is 5.97 Å². The van der Waals surface area contributed by atoms with Gasteiger partial charge in [-0.15, -0.1) is 0 Å². The van der Waals surface area contributed by atoms with Crippen LogP contribution in [0.2, 0.25) is 5.02 Å². The SMILES string of the molecule is COc1ccc2c(n1)c(CC(=O)O)nn2C(=O)c1ccc(Cl)cc1. The maximum Gasteiger partial charge on any atom is 0.309 e. The second-order valence-electron chi connectivity index (χ2n) is 4.96. The van der Waals surface area contributed by atoms with E-state index in [0.717, 1.165) is 4.68 Å². The maximum absolute atomic E-state index is 12.7. The zero-order valence-electron chi connectivity index (χ0n) is 12.6. The molecule has 0 spiro atoms. The van der Waals surface area contributed by atoms with Crippen molar-refractivity contribution in [1.29, 1.82) is 0 Å². The summed E-state index contributed by atoms with van der Waals surface area (Å²) in [7, 11) is 1.45. The molecule has 122 valence electrons. The van der Waals surface area contributed by atoms with Gasteiger partial charge in [0.1, 0.15) is 11.2 Å². The predicted molar refractivity (Wildman–Crippen MR) is 86.6 cm³/mol. The second kappa shape index (κ2) is 6.29. The standard InChI is InChI=1S/C16H12ClN3O4/c1-24-13-7-6-12-15(18-13)11(8-14(21)22)19-20(12)16(23)9-2-4-10(17)5-3-9/h2-7H,8H2,1H3,(H,21,22). The van der Waals surface area contributed by atoms with Gasteiger partial charge < -0.3 is 9.84 Å². The molecule has 3 rings (SSSR count). The maximum atomic E-state index is 12.7. The number of hydrogen-bond donors (Lipinski definition) is 1. The van der Waals surface area contributed by atoms with Crippen LogP contribution in [0.3, 0.4) is 0 Å². The molecule has 1 N–H and O–H groups in total. The number of carboxylic acids is 1. The first-order valence-corrected chi connectivity index (χ1v) is 7.32. The molecule has 0 amide bonds. The molecule has 0 aliphatic carbocycles. The summed E-state index contributed by atoms with van der Waals surface area (Å²) in [6.45, 7) is 0. The monoisotopic (exact) mass is 345 g/mol. The van der Waals surface area contributed by atoms with Crippen LogP contribution in [0.1, 0.15) is 16.1 Å². The Morgan fingerprint density at radius 1 is 1.21 bits per heavy atom. The topological polar surface area (TPSA) is 94.3 Å². The van der Waals surface area contributed by atoms with E-state index in [2.05, 4.69) is 10.1 Å². The van der Waals surface area contributed by atoms with Gasteiger partial charge in [-0.25, -0.2) is 4.98 Å². The molecule has 0 unspecified atom stereocenters. The summed E-state index contributed by atoms with van der Waals surface area (Å²) in [5.41, 5.74) is 1.30. The van der Waals surface area contributed by atoms with Gasteiger partial charge in [-0.1, -0.05) is 11.6 Å². The Labute approximate surface area is 141 Å². The largest absolute Gasteiger partial charge is 0.481 e. The molecule has 0 aliphatic rings. The zero-order valence-corrected chi connectivity index (χ0v) is 13.3. The molecule has 0 saturated heterocycles. The Balaban J connectivity index is 2.15. The van der Waals surface area contributed by atoms with Gasteiger partial charge in [0, 0.05) is 16.7 Å². The molecule has 0 fully saturated rings. The van der Waals surface area contributed by atoms with Crippen molar-refractivity contribution in [3.05, 3.63) is 52.7 Å². The third-order valence-electron chi connectivity index (χ3n) is 3.38. The van der Waals surface area contributed by atoms with Crippen molar-refractivity contribution in [3.63, 3.8) is 0 Å². The molecule has 2 heterocycles. The van der Waals surface area contributed by atoms with Crippen LogP contribution in [0.15, 0.2) is 36.4 Å². The summed E-state index contributed by atoms with van der Waals surface area (Å²) in [5, 5.41) is 13.7. The lowest BCUT2D eigenvalue weighted by Crippen LogP contribution is -2.14. The normalized spacial score (nSPS) is 10.8. The van der Waals surface area contributed by atoms with Crippen molar-refractivity contribution in [2.45, 2.75) is 6.42 Å². The van der Waals surface area contributed by atoms with Crippen LogP contribution in [0, 0.1) is 0 Å². The fourth-order valence-corrected chi connectivity index (χ4v) is 2.41. The van der Waals surface area contributed by atoms with Gasteiger partial charge in [-0.2, -0.15) is 9.78 Å². The minimum atomic E-state index is -1.06. The third kappa shape index (κ3) is 2.93. The number of aromatic nitrogens is 3. The van der Waals surface area contributed by atoms with Crippen molar-refractivity contribution in [1.82, 2.24) is 14.8 Å². The summed E-state index contributed by atoms with van der Waals surface area (Å²) in [5.74, 6) is -1.15. The first-order valence-electron chi connectivity index (χ1n) is 6.94. The Bertz CT molecular complexity index is 934. The van der Waals surface area contributed by atoms with E-state index in [-0.39, 0.29) is 12.1 Å². The van der Waals surface area contributed by atoms with Gasteiger partial charge in [0.05, 0.1) is 19.0 Å². The van der Waals surface area contributed by atoms with E-state index in [4.69, 9.17) is 21.4 Å². The molecule has 8 heteroatoms. The van der Waals surface area contributed by atoms with Crippen LogP contribution in [0.5, 0.6) is 5.88 Å². The minimum absolute atomic E-state index is 0.193. The number of ether oxygens (including phenoxy) is 1. The molecular weight excluding hydrogens is 334 g/mol. The highest BCUT2D eigenvalue weighted by Gasteiger charge is 2.20. The molecule has 0 bridgehead atoms. The molecule has 1 aromatic carbocycles. The molecular formula is C16H12ClN3O4. The molecule has 0 aliphatic heterocycles. The van der Waals surface area contributed by atoms with Crippen LogP contribution in [-0.4, -0.2) is 38.9 Å². The van der Waals surface area contributed by atoms with E-state index >= 15 is 0 Å². The predicted octanol–water partition coefficient (Wildman–Crippen LogP) is 2.41. The van der Waals surface area contributed by atoms with Gasteiger partial charge in [0.15, 0.2) is 0 Å². The van der Waals surface area contributed by atoms with E-state index in [9.17, 15) is 9.59 Å². The summed E-state index contributed by atoms with van der Waals surface area (Å²) < 4.78 is 6.20. The van der Waals surface area contributed by atoms with Gasteiger partial charge in [0.25, 0.3) is 5.91 Å². The molecule has 0 saturated carbocycles. The highest BCUT2D eigenvalue weighted by molar-refractivity contribution is 6.30. The number of hydrogen-bond acceptors (Lipinski definition) is 5. The van der Waals surface area contributed by atoms with Crippen molar-refractivity contribution < 1.29 is 19.4 Å². The lowest BCUT2D eigenvalue weighted by atomic mass is 10.2. The number of carbonyl (C=O) groups is 2. The number of halogens is 1. The number of pyridine rings is 1. The Hall–Kier alpha value is -2.93. The summed E-state index contributed by atoms with van der Waals surface area (Å²) >= 11 is 5.83. The van der Waals surface area contributed by atoms with Crippen LogP contribution in [0.25, 0.3) is 11.0 Å². The van der Waals surface area contributed by atoms with Crippen LogP contribution in [0.4, 0.5) is 0 Å². The van der Waals surface area contributed by atoms with Crippen molar-refractivity contribution in [3.8, 4) is 5.88 Å². The molecule has 0 atom stereocenters. The average molecular weight is 346 g/mol. The van der Waals surface area contributed by atoms with E-state index < -0.39 is 11.9 Å². The molecule has 24 heavy (non-hydrogen) atoms. The number of rotatable bonds is 4. The zero-order chi connectivity index (χ0) is 17.3. The van der Waals surface area contributed by atoms with E-state index in [1.807, 2.05) is 0 Å². The number of aliphatic carboxylic acids is 1. The molecule has 2 aromatic heterocycles. The summed E-state index contributed by atoms with van der Waals surface area (Å²) in [6.07, 6.45) is -0.350. The van der Waals surface area contributed by atoms with Gasteiger partial charge in [0.2, 0.25) is 5.88 Å². The number of nitrogens with zero attached hydrogens (tertiary/aromatic N) is 3. The summed E-state index contributed by atoms with van der Waals surface area (Å²) in [6, 6.07) is 9.55. The molecule has 3 aromatic rings. The summed E-state index contributed by atoms with van der Waals surface area (Å²) in [4.78, 5) is 27.9. The van der Waals surface area contributed by atoms with Crippen LogP contribution >= 0.6 is 11.6 Å². The van der Waals surface area contributed by atoms with Gasteiger partial charge in [-0.3, -0.25) is 9.59 Å². The van der Waals surface area contributed by atoms with E-state index in [1.54, 1.807) is 36.4 Å². The number of carboxylic acid groups (broad SMARTS) is 1. The lowest BCUT2D eigenvalue weighted by molar-refractivity contribution is -0.136. The molecule has 7 nitrogen and oxygen atoms in total. The average Bonchev–Trinajstić information content (AvgIpc) is 2.92. The number of carbonyl (C=O) groups excluding carboxylic acids is 1. The highest BCUT2D eigenvalue weighted by Crippen LogP contribution is 2.22. The minimum Gasteiger partial charge on any atom is -0.481 e. The smallest absolute Gasteiger partial charge is 0.309 e. The van der Waals surface area contributed by atoms with Crippen LogP contribution in [-0.2, 0) is 11.2 Å². The Kier molecular flexibility index (Phi) is 4.18. The number of methoxy groups -OCH3 is 1. The first-order chi connectivity index (χ1) is 11.5. The molecule has 0 radical (unpaired) electrons. The lowest BCUT2D eigenvalue weighted by Gasteiger charge is -2.03. The Morgan fingerprint density at radius 3 is 2.54 bits per heavy atom. The quantitative estimate of drug-likeness (QED) is 0.780. The fraction of sp³-hybridized carbons (Fsp3) is 0.125. The van der Waals surface area contributed by atoms with Crippen molar-refractivity contribution >= 4 is 34.5 Å². The number of benzene rings is 1. The van der Waals surface area contributed by atoms with E-state index in [1.165, 1.54) is 7.11 Å². The fourth-order valence-electron chi connectivity index (χ4n) is 2.28. The highest BCUT2D eigenvalue weighted by atomic mass is 35.5. The first kappa shape index (κ1) is 15.9. The van der Waals surface area contributed by atoms with Crippen molar-refractivity contribution in [2.24, 2.45) is 0 Å².